The summed E-state index contributed by atoms with van der Waals surface area (Å²) in [4.78, 5) is 17.5. The zero-order valence-electron chi connectivity index (χ0n) is 14.5. The number of aromatic nitrogens is 2. The second-order valence-corrected chi connectivity index (χ2v) is 6.80. The van der Waals surface area contributed by atoms with Crippen LogP contribution in [0.25, 0.3) is 5.65 Å². The number of fused-ring (bicyclic) bond motifs is 1. The first kappa shape index (κ1) is 17.5. The van der Waals surface area contributed by atoms with E-state index in [1.165, 1.54) is 0 Å². The van der Waals surface area contributed by atoms with Crippen LogP contribution in [0.2, 0.25) is 0 Å². The molecule has 1 aromatic carbocycles. The third-order valence-electron chi connectivity index (χ3n) is 3.86. The SMILES string of the molecule is CCCOc1ccccc1NC(=O)c1c(C)nc2c(C)cc(Br)cn12. The number of pyridine rings is 1. The number of aryl methyl sites for hydroxylation is 2. The summed E-state index contributed by atoms with van der Waals surface area (Å²) in [6, 6.07) is 9.43. The number of ether oxygens (including phenoxy) is 1. The van der Waals surface area contributed by atoms with Gasteiger partial charge in [0, 0.05) is 10.7 Å². The van der Waals surface area contributed by atoms with Gasteiger partial charge in [-0.3, -0.25) is 9.20 Å². The molecule has 0 saturated carbocycles. The van der Waals surface area contributed by atoms with Gasteiger partial charge in [0.05, 0.1) is 18.0 Å². The number of halogens is 1. The minimum atomic E-state index is -0.213. The lowest BCUT2D eigenvalue weighted by Crippen LogP contribution is -2.16. The highest BCUT2D eigenvalue weighted by atomic mass is 79.9. The Kier molecular flexibility index (Phi) is 5.08. The standard InChI is InChI=1S/C19H20BrN3O2/c1-4-9-25-16-8-6-5-7-15(16)22-19(24)17-13(3)21-18-12(2)10-14(20)11-23(17)18/h5-8,10-11H,4,9H2,1-3H3,(H,22,24). The number of nitrogens with zero attached hydrogens (tertiary/aromatic N) is 2. The minimum absolute atomic E-state index is 0.213. The van der Waals surface area contributed by atoms with Crippen molar-refractivity contribution in [1.82, 2.24) is 9.38 Å². The smallest absolute Gasteiger partial charge is 0.274 e. The number of benzene rings is 1. The molecular weight excluding hydrogens is 382 g/mol. The molecule has 1 amide bonds. The predicted octanol–water partition coefficient (Wildman–Crippen LogP) is 4.75. The van der Waals surface area contributed by atoms with Gasteiger partial charge in [0.15, 0.2) is 0 Å². The fraction of sp³-hybridized carbons (Fsp3) is 0.263. The van der Waals surface area contributed by atoms with Crippen molar-refractivity contribution in [2.24, 2.45) is 0 Å². The number of hydrogen-bond donors (Lipinski definition) is 1. The van der Waals surface area contributed by atoms with Gasteiger partial charge in [-0.1, -0.05) is 19.1 Å². The van der Waals surface area contributed by atoms with Crippen molar-refractivity contribution in [2.75, 3.05) is 11.9 Å². The van der Waals surface area contributed by atoms with Crippen molar-refractivity contribution >= 4 is 33.2 Å². The molecule has 3 aromatic rings. The van der Waals surface area contributed by atoms with Gasteiger partial charge in [-0.05, 0) is 60.0 Å². The molecule has 3 rings (SSSR count). The number of imidazole rings is 1. The Morgan fingerprint density at radius 3 is 2.84 bits per heavy atom. The summed E-state index contributed by atoms with van der Waals surface area (Å²) in [5, 5.41) is 2.95. The zero-order chi connectivity index (χ0) is 18.0. The fourth-order valence-electron chi connectivity index (χ4n) is 2.74. The van der Waals surface area contributed by atoms with Crippen molar-refractivity contribution in [3.05, 3.63) is 58.0 Å². The molecule has 0 aliphatic rings. The molecule has 2 heterocycles. The van der Waals surface area contributed by atoms with Gasteiger partial charge in [-0.15, -0.1) is 0 Å². The summed E-state index contributed by atoms with van der Waals surface area (Å²) in [6.07, 6.45) is 2.76. The van der Waals surface area contributed by atoms with E-state index in [1.54, 1.807) is 0 Å². The van der Waals surface area contributed by atoms with Gasteiger partial charge in [0.1, 0.15) is 17.1 Å². The number of carbonyl (C=O) groups is 1. The maximum atomic E-state index is 12.9. The van der Waals surface area contributed by atoms with Crippen LogP contribution >= 0.6 is 15.9 Å². The molecule has 0 saturated heterocycles. The van der Waals surface area contributed by atoms with Crippen LogP contribution in [0, 0.1) is 13.8 Å². The number of nitrogens with one attached hydrogen (secondary N) is 1. The molecule has 2 aromatic heterocycles. The number of para-hydroxylation sites is 2. The van der Waals surface area contributed by atoms with E-state index >= 15 is 0 Å². The highest BCUT2D eigenvalue weighted by Gasteiger charge is 2.19. The van der Waals surface area contributed by atoms with Crippen LogP contribution in [0.5, 0.6) is 5.75 Å². The first-order chi connectivity index (χ1) is 12.0. The Morgan fingerprint density at radius 1 is 1.32 bits per heavy atom. The van der Waals surface area contributed by atoms with Crippen molar-refractivity contribution in [3.63, 3.8) is 0 Å². The number of rotatable bonds is 5. The van der Waals surface area contributed by atoms with Gasteiger partial charge in [0.2, 0.25) is 0 Å². The minimum Gasteiger partial charge on any atom is -0.491 e. The molecule has 0 fully saturated rings. The Balaban J connectivity index is 1.98. The molecule has 5 nitrogen and oxygen atoms in total. The van der Waals surface area contributed by atoms with Crippen molar-refractivity contribution < 1.29 is 9.53 Å². The fourth-order valence-corrected chi connectivity index (χ4v) is 3.29. The third-order valence-corrected chi connectivity index (χ3v) is 4.29. The topological polar surface area (TPSA) is 55.6 Å². The molecular formula is C19H20BrN3O2. The summed E-state index contributed by atoms with van der Waals surface area (Å²) in [5.74, 6) is 0.455. The van der Waals surface area contributed by atoms with Crippen molar-refractivity contribution in [2.45, 2.75) is 27.2 Å². The van der Waals surface area contributed by atoms with Crippen LogP contribution in [0.15, 0.2) is 41.0 Å². The summed E-state index contributed by atoms with van der Waals surface area (Å²) in [7, 11) is 0. The average Bonchev–Trinajstić information content (AvgIpc) is 2.90. The molecule has 0 spiro atoms. The third kappa shape index (κ3) is 3.54. The number of hydrogen-bond acceptors (Lipinski definition) is 3. The summed E-state index contributed by atoms with van der Waals surface area (Å²) < 4.78 is 8.43. The molecule has 130 valence electrons. The maximum absolute atomic E-state index is 12.9. The molecule has 0 radical (unpaired) electrons. The van der Waals surface area contributed by atoms with Gasteiger partial charge in [0.25, 0.3) is 5.91 Å². The second-order valence-electron chi connectivity index (χ2n) is 5.88. The molecule has 1 N–H and O–H groups in total. The molecule has 0 atom stereocenters. The van der Waals surface area contributed by atoms with E-state index in [9.17, 15) is 4.79 Å². The summed E-state index contributed by atoms with van der Waals surface area (Å²) in [5.41, 5.74) is 3.64. The van der Waals surface area contributed by atoms with Crippen LogP contribution in [0.3, 0.4) is 0 Å². The van der Waals surface area contributed by atoms with Crippen molar-refractivity contribution in [1.29, 1.82) is 0 Å². The zero-order valence-corrected chi connectivity index (χ0v) is 16.1. The summed E-state index contributed by atoms with van der Waals surface area (Å²) >= 11 is 3.48. The van der Waals surface area contributed by atoms with Gasteiger partial charge < -0.3 is 10.1 Å². The van der Waals surface area contributed by atoms with Gasteiger partial charge in [-0.25, -0.2) is 4.98 Å². The molecule has 0 bridgehead atoms. The number of carbonyl (C=O) groups excluding carboxylic acids is 1. The van der Waals surface area contributed by atoms with E-state index in [-0.39, 0.29) is 5.91 Å². The Morgan fingerprint density at radius 2 is 2.08 bits per heavy atom. The van der Waals surface area contributed by atoms with Gasteiger partial charge in [-0.2, -0.15) is 0 Å². The van der Waals surface area contributed by atoms with Crippen LogP contribution in [-0.2, 0) is 0 Å². The number of amides is 1. The van der Waals surface area contributed by atoms with E-state index < -0.39 is 0 Å². The lowest BCUT2D eigenvalue weighted by molar-refractivity contribution is 0.102. The Bertz CT molecular complexity index is 934. The number of anilines is 1. The molecule has 6 heteroatoms. The van der Waals surface area contributed by atoms with E-state index in [1.807, 2.05) is 61.7 Å². The molecule has 0 aliphatic heterocycles. The lowest BCUT2D eigenvalue weighted by atomic mass is 10.2. The van der Waals surface area contributed by atoms with E-state index in [2.05, 4.69) is 26.2 Å². The summed E-state index contributed by atoms with van der Waals surface area (Å²) in [6.45, 7) is 6.47. The Hall–Kier alpha value is -2.34. The van der Waals surface area contributed by atoms with Crippen LogP contribution in [0.1, 0.15) is 35.1 Å². The maximum Gasteiger partial charge on any atom is 0.274 e. The van der Waals surface area contributed by atoms with Crippen LogP contribution < -0.4 is 10.1 Å². The predicted molar refractivity (Wildman–Crippen MR) is 103 cm³/mol. The highest BCUT2D eigenvalue weighted by Crippen LogP contribution is 2.26. The highest BCUT2D eigenvalue weighted by molar-refractivity contribution is 9.10. The Labute approximate surface area is 155 Å². The van der Waals surface area contributed by atoms with Gasteiger partial charge >= 0.3 is 0 Å². The molecule has 0 unspecified atom stereocenters. The van der Waals surface area contributed by atoms with E-state index in [4.69, 9.17) is 4.74 Å². The monoisotopic (exact) mass is 401 g/mol. The second kappa shape index (κ2) is 7.27. The van der Waals surface area contributed by atoms with Crippen LogP contribution in [-0.4, -0.2) is 21.9 Å². The van der Waals surface area contributed by atoms with Crippen LogP contribution in [0.4, 0.5) is 5.69 Å². The van der Waals surface area contributed by atoms with E-state index in [0.29, 0.717) is 29.4 Å². The average molecular weight is 402 g/mol. The normalized spacial score (nSPS) is 10.9. The quantitative estimate of drug-likeness (QED) is 0.670. The molecule has 25 heavy (non-hydrogen) atoms. The first-order valence-electron chi connectivity index (χ1n) is 8.19. The molecule has 0 aliphatic carbocycles. The largest absolute Gasteiger partial charge is 0.491 e. The first-order valence-corrected chi connectivity index (χ1v) is 8.98. The van der Waals surface area contributed by atoms with E-state index in [0.717, 1.165) is 22.1 Å². The van der Waals surface area contributed by atoms with Crippen molar-refractivity contribution in [3.8, 4) is 5.75 Å². The lowest BCUT2D eigenvalue weighted by Gasteiger charge is -2.12.